The van der Waals surface area contributed by atoms with Crippen LogP contribution in [0.2, 0.25) is 0 Å². The summed E-state index contributed by atoms with van der Waals surface area (Å²) < 4.78 is 1.19. The fourth-order valence-electron chi connectivity index (χ4n) is 5.60. The summed E-state index contributed by atoms with van der Waals surface area (Å²) in [7, 11) is 0. The second-order valence-electron chi connectivity index (χ2n) is 9.84. The van der Waals surface area contributed by atoms with E-state index in [0.29, 0.717) is 0 Å². The predicted octanol–water partition coefficient (Wildman–Crippen LogP) is 10.2. The van der Waals surface area contributed by atoms with Crippen LogP contribution in [0, 0.1) is 0 Å². The summed E-state index contributed by atoms with van der Waals surface area (Å²) in [6.07, 6.45) is 0. The summed E-state index contributed by atoms with van der Waals surface area (Å²) in [6, 6.07) is 47.3. The molecule has 2 heterocycles. The minimum absolute atomic E-state index is 1.02. The molecule has 0 radical (unpaired) electrons. The predicted molar refractivity (Wildman–Crippen MR) is 166 cm³/mol. The quantitative estimate of drug-likeness (QED) is 0.219. The topological polar surface area (TPSA) is 25.8 Å². The Morgan fingerprint density at radius 2 is 1.18 bits per heavy atom. The van der Waals surface area contributed by atoms with Gasteiger partial charge in [-0.15, -0.1) is 11.3 Å². The first-order chi connectivity index (χ1) is 19.3. The smallest absolute Gasteiger partial charge is 0.124 e. The van der Waals surface area contributed by atoms with Crippen molar-refractivity contribution in [2.24, 2.45) is 0 Å². The Morgan fingerprint density at radius 1 is 0.436 bits per heavy atom. The molecule has 0 bridgehead atoms. The van der Waals surface area contributed by atoms with E-state index in [1.165, 1.54) is 42.8 Å². The maximum Gasteiger partial charge on any atom is 0.124 e. The average Bonchev–Trinajstić information content (AvgIpc) is 3.44. The highest BCUT2D eigenvalue weighted by molar-refractivity contribution is 7.21. The van der Waals surface area contributed by atoms with Crippen LogP contribution in [0.1, 0.15) is 0 Å². The molecule has 0 aliphatic rings. The molecule has 39 heavy (non-hydrogen) atoms. The molecule has 8 aromatic rings. The Kier molecular flexibility index (Phi) is 5.04. The van der Waals surface area contributed by atoms with Gasteiger partial charge in [-0.25, -0.2) is 9.97 Å². The number of thiazole rings is 1. The average molecular weight is 515 g/mol. The van der Waals surface area contributed by atoms with Gasteiger partial charge in [-0.2, -0.15) is 0 Å². The van der Waals surface area contributed by atoms with Gasteiger partial charge in [-0.1, -0.05) is 109 Å². The van der Waals surface area contributed by atoms with Gasteiger partial charge >= 0.3 is 0 Å². The lowest BCUT2D eigenvalue weighted by Gasteiger charge is -2.13. The van der Waals surface area contributed by atoms with Crippen molar-refractivity contribution in [1.29, 1.82) is 0 Å². The lowest BCUT2D eigenvalue weighted by molar-refractivity contribution is 1.43. The minimum Gasteiger partial charge on any atom is -0.247 e. The van der Waals surface area contributed by atoms with Crippen LogP contribution in [0.5, 0.6) is 0 Å². The van der Waals surface area contributed by atoms with Crippen LogP contribution < -0.4 is 0 Å². The molecule has 0 saturated heterocycles. The van der Waals surface area contributed by atoms with Crippen molar-refractivity contribution in [3.8, 4) is 33.0 Å². The molecule has 2 nitrogen and oxygen atoms in total. The molecule has 0 aliphatic carbocycles. The molecular formula is C36H22N2S. The number of benzene rings is 6. The van der Waals surface area contributed by atoms with Crippen LogP contribution in [0.15, 0.2) is 133 Å². The van der Waals surface area contributed by atoms with Crippen LogP contribution in [-0.2, 0) is 0 Å². The number of nitrogens with zero attached hydrogens (tertiary/aromatic N) is 2. The van der Waals surface area contributed by atoms with Crippen molar-refractivity contribution in [1.82, 2.24) is 9.97 Å². The fourth-order valence-corrected chi connectivity index (χ4v) is 6.61. The SMILES string of the molecule is c1ccc(-c2nc3ccc(-c4cccc(-c5nc6ccccc6c6c5ccc5ccccc56)c4)cc3s2)cc1. The van der Waals surface area contributed by atoms with E-state index in [9.17, 15) is 0 Å². The van der Waals surface area contributed by atoms with Crippen LogP contribution in [0.3, 0.4) is 0 Å². The number of hydrogen-bond donors (Lipinski definition) is 0. The highest BCUT2D eigenvalue weighted by atomic mass is 32.1. The number of aromatic nitrogens is 2. The Labute approximate surface area is 229 Å². The van der Waals surface area contributed by atoms with Crippen molar-refractivity contribution in [2.75, 3.05) is 0 Å². The highest BCUT2D eigenvalue weighted by Crippen LogP contribution is 2.38. The van der Waals surface area contributed by atoms with E-state index >= 15 is 0 Å². The molecular weight excluding hydrogens is 492 g/mol. The Morgan fingerprint density at radius 3 is 2.10 bits per heavy atom. The van der Waals surface area contributed by atoms with E-state index in [4.69, 9.17) is 9.97 Å². The first kappa shape index (κ1) is 22.2. The van der Waals surface area contributed by atoms with Gasteiger partial charge in [0.05, 0.1) is 21.4 Å². The first-order valence-corrected chi connectivity index (χ1v) is 13.9. The van der Waals surface area contributed by atoms with Gasteiger partial charge in [0.25, 0.3) is 0 Å². The number of rotatable bonds is 3. The molecule has 0 unspecified atom stereocenters. The largest absolute Gasteiger partial charge is 0.247 e. The van der Waals surface area contributed by atoms with Crippen molar-refractivity contribution < 1.29 is 0 Å². The zero-order chi connectivity index (χ0) is 25.8. The van der Waals surface area contributed by atoms with Gasteiger partial charge in [0.15, 0.2) is 0 Å². The van der Waals surface area contributed by atoms with Crippen LogP contribution in [0.4, 0.5) is 0 Å². The molecule has 8 rings (SSSR count). The minimum atomic E-state index is 1.02. The van der Waals surface area contributed by atoms with Crippen molar-refractivity contribution >= 4 is 54.0 Å². The monoisotopic (exact) mass is 514 g/mol. The molecule has 0 aliphatic heterocycles. The van der Waals surface area contributed by atoms with E-state index in [2.05, 4.69) is 127 Å². The van der Waals surface area contributed by atoms with E-state index in [1.807, 2.05) is 6.07 Å². The second kappa shape index (κ2) is 8.87. The molecule has 0 saturated carbocycles. The lowest BCUT2D eigenvalue weighted by Crippen LogP contribution is -1.91. The summed E-state index contributed by atoms with van der Waals surface area (Å²) in [5.74, 6) is 0. The van der Waals surface area contributed by atoms with Gasteiger partial charge in [-0.3, -0.25) is 0 Å². The molecule has 6 aromatic carbocycles. The lowest BCUT2D eigenvalue weighted by atomic mass is 9.94. The van der Waals surface area contributed by atoms with Gasteiger partial charge in [-0.05, 0) is 46.2 Å². The maximum atomic E-state index is 5.19. The number of hydrogen-bond acceptors (Lipinski definition) is 3. The van der Waals surface area contributed by atoms with E-state index in [-0.39, 0.29) is 0 Å². The van der Waals surface area contributed by atoms with Crippen LogP contribution >= 0.6 is 11.3 Å². The van der Waals surface area contributed by atoms with Crippen molar-refractivity contribution in [2.45, 2.75) is 0 Å². The van der Waals surface area contributed by atoms with Gasteiger partial charge in [0, 0.05) is 27.3 Å². The zero-order valence-electron chi connectivity index (χ0n) is 21.0. The first-order valence-electron chi connectivity index (χ1n) is 13.1. The van der Waals surface area contributed by atoms with Gasteiger partial charge in [0.2, 0.25) is 0 Å². The highest BCUT2D eigenvalue weighted by Gasteiger charge is 2.14. The molecule has 2 aromatic heterocycles. The van der Waals surface area contributed by atoms with E-state index in [0.717, 1.165) is 32.9 Å². The molecule has 3 heteroatoms. The third-order valence-corrected chi connectivity index (χ3v) is 8.54. The number of fused-ring (bicyclic) bond motifs is 6. The third-order valence-electron chi connectivity index (χ3n) is 7.47. The summed E-state index contributed by atoms with van der Waals surface area (Å²) >= 11 is 1.74. The normalized spacial score (nSPS) is 11.6. The number of para-hydroxylation sites is 1. The standard InChI is InChI=1S/C36H22N2S/c1-2-10-24(11-3-1)36-38-32-20-18-26(22-33(32)39-36)25-12-8-13-27(21-25)35-30-19-17-23-9-4-5-14-28(23)34(30)29-15-6-7-16-31(29)37-35/h1-22H. The molecule has 0 N–H and O–H groups in total. The molecule has 0 spiro atoms. The molecule has 0 amide bonds. The Bertz CT molecular complexity index is 2160. The third kappa shape index (κ3) is 3.70. The van der Waals surface area contributed by atoms with Gasteiger partial charge in [0.1, 0.15) is 5.01 Å². The van der Waals surface area contributed by atoms with Crippen molar-refractivity contribution in [3.05, 3.63) is 133 Å². The van der Waals surface area contributed by atoms with E-state index < -0.39 is 0 Å². The summed E-state index contributed by atoms with van der Waals surface area (Å²) in [5.41, 5.74) is 7.70. The summed E-state index contributed by atoms with van der Waals surface area (Å²) in [6.45, 7) is 0. The number of pyridine rings is 1. The van der Waals surface area contributed by atoms with E-state index in [1.54, 1.807) is 11.3 Å². The zero-order valence-corrected chi connectivity index (χ0v) is 21.8. The second-order valence-corrected chi connectivity index (χ2v) is 10.9. The van der Waals surface area contributed by atoms with Crippen LogP contribution in [0.25, 0.3) is 75.6 Å². The van der Waals surface area contributed by atoms with Gasteiger partial charge < -0.3 is 0 Å². The fraction of sp³-hybridized carbons (Fsp3) is 0. The Hall–Kier alpha value is -4.86. The molecule has 0 atom stereocenters. The summed E-state index contributed by atoms with van der Waals surface area (Å²) in [5, 5.41) is 7.18. The summed E-state index contributed by atoms with van der Waals surface area (Å²) in [4.78, 5) is 10.1. The maximum absolute atomic E-state index is 5.19. The Balaban J connectivity index is 1.30. The van der Waals surface area contributed by atoms with Crippen LogP contribution in [-0.4, -0.2) is 9.97 Å². The molecule has 182 valence electrons. The molecule has 0 fully saturated rings. The van der Waals surface area contributed by atoms with Crippen molar-refractivity contribution in [3.63, 3.8) is 0 Å².